The number of carbonyl (C=O) groups is 1. The highest BCUT2D eigenvalue weighted by atomic mass is 35.5. The lowest BCUT2D eigenvalue weighted by atomic mass is 10.3. The molecule has 1 aliphatic rings. The molecule has 3 heterocycles. The molecule has 1 saturated heterocycles. The maximum Gasteiger partial charge on any atom is 0.280 e. The summed E-state index contributed by atoms with van der Waals surface area (Å²) in [4.78, 5) is 30.1. The molecular formula is C20H23Cl2N5O3S. The van der Waals surface area contributed by atoms with Crippen molar-refractivity contribution in [3.05, 3.63) is 41.4 Å². The van der Waals surface area contributed by atoms with Crippen molar-refractivity contribution in [2.45, 2.75) is 6.42 Å². The second kappa shape index (κ2) is 11.0. The van der Waals surface area contributed by atoms with Crippen LogP contribution in [0.2, 0.25) is 5.02 Å². The predicted molar refractivity (Wildman–Crippen MR) is 124 cm³/mol. The predicted octanol–water partition coefficient (Wildman–Crippen LogP) is 3.54. The fraction of sp³-hybridized carbons (Fsp3) is 0.400. The van der Waals surface area contributed by atoms with Gasteiger partial charge in [0, 0.05) is 38.6 Å². The van der Waals surface area contributed by atoms with E-state index in [1.165, 1.54) is 23.7 Å². The number of carbonyl (C=O) groups excluding carboxylic acids is 1. The number of thiazole rings is 1. The molecule has 0 bridgehead atoms. The highest BCUT2D eigenvalue weighted by Gasteiger charge is 2.24. The Morgan fingerprint density at radius 1 is 1.32 bits per heavy atom. The minimum Gasteiger partial charge on any atom is -0.494 e. The standard InChI is InChI=1S/C20H22ClN5O3S.ClH/c1-28-16-4-3-14(21)18-17(16)24-20(30-18)26(19(27)15-13-22-5-6-23-15)8-2-7-25-9-11-29-12-10-25;/h3-6,13H,2,7-12H2,1H3;1H. The summed E-state index contributed by atoms with van der Waals surface area (Å²) in [5.41, 5.74) is 0.927. The third-order valence-corrected chi connectivity index (χ3v) is 6.42. The first-order valence-corrected chi connectivity index (χ1v) is 10.9. The number of amides is 1. The van der Waals surface area contributed by atoms with Crippen molar-refractivity contribution in [3.8, 4) is 5.75 Å². The molecule has 4 rings (SSSR count). The van der Waals surface area contributed by atoms with Gasteiger partial charge in [-0.3, -0.25) is 19.6 Å². The van der Waals surface area contributed by atoms with Crippen molar-refractivity contribution in [1.29, 1.82) is 0 Å². The van der Waals surface area contributed by atoms with Crippen molar-refractivity contribution in [2.24, 2.45) is 0 Å². The summed E-state index contributed by atoms with van der Waals surface area (Å²) < 4.78 is 11.6. The number of hydrogen-bond donors (Lipinski definition) is 0. The van der Waals surface area contributed by atoms with Gasteiger partial charge in [-0.25, -0.2) is 9.97 Å². The molecule has 1 aromatic carbocycles. The second-order valence-electron chi connectivity index (χ2n) is 6.78. The molecule has 0 aliphatic carbocycles. The lowest BCUT2D eigenvalue weighted by molar-refractivity contribution is 0.0376. The van der Waals surface area contributed by atoms with Gasteiger partial charge in [0.1, 0.15) is 17.0 Å². The first-order valence-electron chi connectivity index (χ1n) is 9.68. The monoisotopic (exact) mass is 483 g/mol. The van der Waals surface area contributed by atoms with Gasteiger partial charge in [0.2, 0.25) is 0 Å². The third-order valence-electron chi connectivity index (χ3n) is 4.89. The zero-order chi connectivity index (χ0) is 20.9. The third kappa shape index (κ3) is 5.42. The van der Waals surface area contributed by atoms with E-state index in [4.69, 9.17) is 21.1 Å². The minimum atomic E-state index is -0.237. The molecule has 31 heavy (non-hydrogen) atoms. The van der Waals surface area contributed by atoms with Crippen LogP contribution in [0.1, 0.15) is 16.9 Å². The average Bonchev–Trinajstić information content (AvgIpc) is 3.24. The van der Waals surface area contributed by atoms with Crippen LogP contribution in [0.25, 0.3) is 10.2 Å². The molecule has 0 saturated carbocycles. The number of halogens is 2. The summed E-state index contributed by atoms with van der Waals surface area (Å²) in [6, 6.07) is 3.55. The largest absolute Gasteiger partial charge is 0.494 e. The molecular weight excluding hydrogens is 461 g/mol. The fourth-order valence-corrected chi connectivity index (χ4v) is 4.61. The maximum atomic E-state index is 13.2. The molecule has 1 aliphatic heterocycles. The number of rotatable bonds is 7. The SMILES string of the molecule is COc1ccc(Cl)c2sc(N(CCCN3CCOCC3)C(=O)c3cnccn3)nc12.Cl. The van der Waals surface area contributed by atoms with Gasteiger partial charge in [0.05, 0.1) is 36.2 Å². The molecule has 2 aromatic heterocycles. The number of anilines is 1. The Kier molecular flexibility index (Phi) is 8.39. The smallest absolute Gasteiger partial charge is 0.280 e. The minimum absolute atomic E-state index is 0. The summed E-state index contributed by atoms with van der Waals surface area (Å²) in [7, 11) is 1.59. The van der Waals surface area contributed by atoms with Crippen molar-refractivity contribution in [1.82, 2.24) is 19.9 Å². The van der Waals surface area contributed by atoms with Gasteiger partial charge >= 0.3 is 0 Å². The van der Waals surface area contributed by atoms with Gasteiger partial charge in [-0.1, -0.05) is 22.9 Å². The van der Waals surface area contributed by atoms with E-state index < -0.39 is 0 Å². The molecule has 0 radical (unpaired) electrons. The van der Waals surface area contributed by atoms with E-state index in [-0.39, 0.29) is 24.0 Å². The Labute approximate surface area is 195 Å². The van der Waals surface area contributed by atoms with Crippen LogP contribution in [0.4, 0.5) is 5.13 Å². The number of benzene rings is 1. The Morgan fingerprint density at radius 2 is 2.13 bits per heavy atom. The number of fused-ring (bicyclic) bond motifs is 1. The number of ether oxygens (including phenoxy) is 2. The lowest BCUT2D eigenvalue weighted by Gasteiger charge is -2.27. The molecule has 1 amide bonds. The first-order chi connectivity index (χ1) is 14.7. The van der Waals surface area contributed by atoms with Crippen molar-refractivity contribution >= 4 is 56.6 Å². The van der Waals surface area contributed by atoms with Crippen LogP contribution in [-0.4, -0.2) is 72.3 Å². The van der Waals surface area contributed by atoms with E-state index in [0.717, 1.165) is 44.0 Å². The van der Waals surface area contributed by atoms with Gasteiger partial charge in [-0.15, -0.1) is 12.4 Å². The molecule has 1 fully saturated rings. The van der Waals surface area contributed by atoms with E-state index >= 15 is 0 Å². The summed E-state index contributed by atoms with van der Waals surface area (Å²) in [5.74, 6) is 0.386. The molecule has 0 N–H and O–H groups in total. The van der Waals surface area contributed by atoms with E-state index in [0.29, 0.717) is 28.0 Å². The Hall–Kier alpha value is -2.04. The molecule has 8 nitrogen and oxygen atoms in total. The summed E-state index contributed by atoms with van der Waals surface area (Å²) in [5, 5.41) is 1.14. The highest BCUT2D eigenvalue weighted by molar-refractivity contribution is 7.23. The van der Waals surface area contributed by atoms with Crippen molar-refractivity contribution in [2.75, 3.05) is 51.4 Å². The van der Waals surface area contributed by atoms with Crippen LogP contribution in [0, 0.1) is 0 Å². The van der Waals surface area contributed by atoms with Crippen LogP contribution in [0.15, 0.2) is 30.7 Å². The quantitative estimate of drug-likeness (QED) is 0.508. The Balaban J connectivity index is 0.00000272. The van der Waals surface area contributed by atoms with Gasteiger partial charge in [-0.2, -0.15) is 0 Å². The van der Waals surface area contributed by atoms with E-state index in [1.54, 1.807) is 30.3 Å². The summed E-state index contributed by atoms with van der Waals surface area (Å²) in [6.07, 6.45) is 5.32. The summed E-state index contributed by atoms with van der Waals surface area (Å²) >= 11 is 7.75. The lowest BCUT2D eigenvalue weighted by Crippen LogP contribution is -2.39. The zero-order valence-corrected chi connectivity index (χ0v) is 19.4. The van der Waals surface area contributed by atoms with Gasteiger partial charge in [0.25, 0.3) is 5.91 Å². The van der Waals surface area contributed by atoms with Gasteiger partial charge in [0.15, 0.2) is 5.13 Å². The number of aromatic nitrogens is 3. The van der Waals surface area contributed by atoms with E-state index in [1.807, 2.05) is 0 Å². The number of hydrogen-bond acceptors (Lipinski definition) is 8. The number of methoxy groups -OCH3 is 1. The molecule has 11 heteroatoms. The summed E-state index contributed by atoms with van der Waals surface area (Å²) in [6.45, 7) is 4.70. The van der Waals surface area contributed by atoms with Crippen LogP contribution in [0.3, 0.4) is 0 Å². The number of morpholine rings is 1. The van der Waals surface area contributed by atoms with Crippen LogP contribution in [-0.2, 0) is 4.74 Å². The maximum absolute atomic E-state index is 13.2. The highest BCUT2D eigenvalue weighted by Crippen LogP contribution is 2.39. The average molecular weight is 484 g/mol. The molecule has 0 spiro atoms. The van der Waals surface area contributed by atoms with Crippen molar-refractivity contribution in [3.63, 3.8) is 0 Å². The van der Waals surface area contributed by atoms with Crippen LogP contribution in [0.5, 0.6) is 5.75 Å². The van der Waals surface area contributed by atoms with Gasteiger partial charge < -0.3 is 9.47 Å². The molecule has 0 unspecified atom stereocenters. The van der Waals surface area contributed by atoms with Gasteiger partial charge in [-0.05, 0) is 18.6 Å². The van der Waals surface area contributed by atoms with Crippen molar-refractivity contribution < 1.29 is 14.3 Å². The van der Waals surface area contributed by atoms with Crippen LogP contribution >= 0.6 is 35.3 Å². The topological polar surface area (TPSA) is 80.7 Å². The zero-order valence-electron chi connectivity index (χ0n) is 17.0. The Bertz CT molecular complexity index is 1010. The first kappa shape index (κ1) is 23.6. The molecule has 3 aromatic rings. The Morgan fingerprint density at radius 3 is 2.84 bits per heavy atom. The molecule has 166 valence electrons. The van der Waals surface area contributed by atoms with Crippen LogP contribution < -0.4 is 9.64 Å². The fourth-order valence-electron chi connectivity index (χ4n) is 3.33. The molecule has 0 atom stereocenters. The normalized spacial score (nSPS) is 14.3. The second-order valence-corrected chi connectivity index (χ2v) is 8.16. The number of nitrogens with zero attached hydrogens (tertiary/aromatic N) is 5. The van der Waals surface area contributed by atoms with E-state index in [9.17, 15) is 4.79 Å². The van der Waals surface area contributed by atoms with E-state index in [2.05, 4.69) is 19.9 Å².